The lowest BCUT2D eigenvalue weighted by atomic mass is 9.98. The van der Waals surface area contributed by atoms with Gasteiger partial charge in [-0.25, -0.2) is 9.18 Å². The van der Waals surface area contributed by atoms with Gasteiger partial charge in [-0.3, -0.25) is 4.55 Å². The van der Waals surface area contributed by atoms with E-state index in [2.05, 4.69) is 0 Å². The molecule has 26 heavy (non-hydrogen) atoms. The van der Waals surface area contributed by atoms with Crippen molar-refractivity contribution in [1.29, 1.82) is 0 Å². The second kappa shape index (κ2) is 7.84. The van der Waals surface area contributed by atoms with E-state index in [9.17, 15) is 17.6 Å². The topological polar surface area (TPSA) is 89.9 Å². The Balaban J connectivity index is 2.15. The van der Waals surface area contributed by atoms with E-state index in [0.717, 1.165) is 11.6 Å². The molecule has 0 saturated carbocycles. The van der Waals surface area contributed by atoms with E-state index in [-0.39, 0.29) is 11.3 Å². The first kappa shape index (κ1) is 19.9. The molecule has 1 N–H and O–H groups in total. The van der Waals surface area contributed by atoms with Crippen molar-refractivity contribution in [3.8, 4) is 5.75 Å². The molecule has 0 aliphatic rings. The second-order valence-corrected chi connectivity index (χ2v) is 7.62. The van der Waals surface area contributed by atoms with Crippen LogP contribution >= 0.6 is 0 Å². The van der Waals surface area contributed by atoms with Crippen LogP contribution in [0.3, 0.4) is 0 Å². The molecule has 0 spiro atoms. The van der Waals surface area contributed by atoms with Crippen molar-refractivity contribution in [2.45, 2.75) is 19.4 Å². The average Bonchev–Trinajstić information content (AvgIpc) is 2.56. The van der Waals surface area contributed by atoms with Crippen LogP contribution in [0.25, 0.3) is 0 Å². The van der Waals surface area contributed by atoms with Crippen molar-refractivity contribution in [3.05, 3.63) is 65.5 Å². The van der Waals surface area contributed by atoms with Gasteiger partial charge in [-0.2, -0.15) is 8.42 Å². The molecule has 6 nitrogen and oxygen atoms in total. The minimum Gasteiger partial charge on any atom is -0.480 e. The molecular formula is C18H19FO6S. The van der Waals surface area contributed by atoms with Gasteiger partial charge in [0.05, 0.1) is 5.56 Å². The standard InChI is InChI=1S/C18H19FO6S/c1-18(2,14-6-4-3-5-7-14)25-16-12-13(8-9-15(16)19)17(20)24-10-11-26(21,22)23/h3-9,12H,10-11H2,1-2H3,(H,21,22,23). The molecule has 0 unspecified atom stereocenters. The minimum atomic E-state index is -4.23. The smallest absolute Gasteiger partial charge is 0.338 e. The molecule has 2 aromatic carbocycles. The normalized spacial score (nSPS) is 11.8. The Bertz CT molecular complexity index is 878. The number of ether oxygens (including phenoxy) is 2. The number of carbonyl (C=O) groups is 1. The highest BCUT2D eigenvalue weighted by molar-refractivity contribution is 7.85. The zero-order chi connectivity index (χ0) is 19.4. The summed E-state index contributed by atoms with van der Waals surface area (Å²) in [6.07, 6.45) is 0. The molecule has 0 radical (unpaired) electrons. The maximum atomic E-state index is 14.1. The number of rotatable bonds is 7. The highest BCUT2D eigenvalue weighted by Crippen LogP contribution is 2.30. The number of benzene rings is 2. The van der Waals surface area contributed by atoms with Crippen LogP contribution in [0.4, 0.5) is 4.39 Å². The predicted octanol–water partition coefficient (Wildman–Crippen LogP) is 3.18. The largest absolute Gasteiger partial charge is 0.480 e. The van der Waals surface area contributed by atoms with Crippen molar-refractivity contribution in [2.75, 3.05) is 12.4 Å². The summed E-state index contributed by atoms with van der Waals surface area (Å²) in [5, 5.41) is 0. The molecule has 2 rings (SSSR count). The van der Waals surface area contributed by atoms with Gasteiger partial charge in [-0.05, 0) is 37.6 Å². The van der Waals surface area contributed by atoms with E-state index < -0.39 is 39.9 Å². The fourth-order valence-electron chi connectivity index (χ4n) is 2.20. The molecule has 0 aliphatic carbocycles. The molecule has 0 aliphatic heterocycles. The van der Waals surface area contributed by atoms with Gasteiger partial charge in [-0.1, -0.05) is 30.3 Å². The van der Waals surface area contributed by atoms with Gasteiger partial charge >= 0.3 is 5.97 Å². The molecule has 0 amide bonds. The number of esters is 1. The Morgan fingerprint density at radius 2 is 1.81 bits per heavy atom. The van der Waals surface area contributed by atoms with Crippen molar-refractivity contribution in [1.82, 2.24) is 0 Å². The van der Waals surface area contributed by atoms with Crippen molar-refractivity contribution >= 4 is 16.1 Å². The van der Waals surface area contributed by atoms with Gasteiger partial charge in [0.1, 0.15) is 18.0 Å². The monoisotopic (exact) mass is 382 g/mol. The molecule has 2 aromatic rings. The zero-order valence-electron chi connectivity index (χ0n) is 14.3. The van der Waals surface area contributed by atoms with Crippen LogP contribution in [0.2, 0.25) is 0 Å². The number of hydrogen-bond acceptors (Lipinski definition) is 5. The summed E-state index contributed by atoms with van der Waals surface area (Å²) in [7, 11) is -4.23. The Kier molecular flexibility index (Phi) is 5.99. The third-order valence-corrected chi connectivity index (χ3v) is 4.26. The quantitative estimate of drug-likeness (QED) is 0.584. The minimum absolute atomic E-state index is 0.000555. The zero-order valence-corrected chi connectivity index (χ0v) is 15.1. The number of carbonyl (C=O) groups excluding carboxylic acids is 1. The Morgan fingerprint density at radius 1 is 1.15 bits per heavy atom. The van der Waals surface area contributed by atoms with Crippen molar-refractivity contribution in [2.24, 2.45) is 0 Å². The van der Waals surface area contributed by atoms with Gasteiger partial charge in [0.15, 0.2) is 11.6 Å². The van der Waals surface area contributed by atoms with Crippen LogP contribution < -0.4 is 4.74 Å². The molecule has 0 saturated heterocycles. The second-order valence-electron chi connectivity index (χ2n) is 6.05. The third-order valence-electron chi connectivity index (χ3n) is 3.58. The molecule has 0 fully saturated rings. The summed E-state index contributed by atoms with van der Waals surface area (Å²) in [5.74, 6) is -2.35. The van der Waals surface area contributed by atoms with Crippen LogP contribution in [0.1, 0.15) is 29.8 Å². The highest BCUT2D eigenvalue weighted by atomic mass is 32.2. The molecule has 140 valence electrons. The van der Waals surface area contributed by atoms with E-state index in [4.69, 9.17) is 14.0 Å². The lowest BCUT2D eigenvalue weighted by Crippen LogP contribution is -2.25. The Morgan fingerprint density at radius 3 is 2.42 bits per heavy atom. The maximum absolute atomic E-state index is 14.1. The van der Waals surface area contributed by atoms with Gasteiger partial charge in [0, 0.05) is 0 Å². The molecular weight excluding hydrogens is 363 g/mol. The van der Waals surface area contributed by atoms with Crippen LogP contribution in [0, 0.1) is 5.82 Å². The van der Waals surface area contributed by atoms with Gasteiger partial charge in [0.25, 0.3) is 10.1 Å². The Hall–Kier alpha value is -2.45. The van der Waals surface area contributed by atoms with E-state index in [1.54, 1.807) is 13.8 Å². The fraction of sp³-hybridized carbons (Fsp3) is 0.278. The van der Waals surface area contributed by atoms with Crippen LogP contribution in [0.15, 0.2) is 48.5 Å². The van der Waals surface area contributed by atoms with Gasteiger partial charge in [0.2, 0.25) is 0 Å². The molecule has 0 atom stereocenters. The van der Waals surface area contributed by atoms with E-state index in [1.165, 1.54) is 12.1 Å². The first-order valence-corrected chi connectivity index (χ1v) is 9.36. The van der Waals surface area contributed by atoms with Gasteiger partial charge in [-0.15, -0.1) is 0 Å². The van der Waals surface area contributed by atoms with E-state index in [0.29, 0.717) is 0 Å². The summed E-state index contributed by atoms with van der Waals surface area (Å²) in [5.41, 5.74) is -0.0311. The van der Waals surface area contributed by atoms with Crippen LogP contribution in [-0.2, 0) is 20.5 Å². The molecule has 0 heterocycles. The van der Waals surface area contributed by atoms with Crippen molar-refractivity contribution in [3.63, 3.8) is 0 Å². The summed E-state index contributed by atoms with van der Waals surface area (Å²) in [4.78, 5) is 12.0. The first-order valence-electron chi connectivity index (χ1n) is 7.75. The molecule has 8 heteroatoms. The summed E-state index contributed by atoms with van der Waals surface area (Å²) >= 11 is 0. The fourth-order valence-corrected chi connectivity index (χ4v) is 2.50. The molecule has 0 bridgehead atoms. The van der Waals surface area contributed by atoms with Gasteiger partial charge < -0.3 is 9.47 Å². The summed E-state index contributed by atoms with van der Waals surface area (Å²) in [6.45, 7) is 3.01. The van der Waals surface area contributed by atoms with Crippen LogP contribution in [-0.4, -0.2) is 31.3 Å². The lowest BCUT2D eigenvalue weighted by molar-refractivity contribution is 0.0525. The number of halogens is 1. The highest BCUT2D eigenvalue weighted by Gasteiger charge is 2.24. The maximum Gasteiger partial charge on any atom is 0.338 e. The lowest BCUT2D eigenvalue weighted by Gasteiger charge is -2.27. The molecule has 0 aromatic heterocycles. The van der Waals surface area contributed by atoms with E-state index >= 15 is 0 Å². The third kappa shape index (κ3) is 5.53. The SMILES string of the molecule is CC(C)(Oc1cc(C(=O)OCCS(=O)(=O)O)ccc1F)c1ccccc1. The summed E-state index contributed by atoms with van der Waals surface area (Å²) in [6, 6.07) is 12.7. The summed E-state index contributed by atoms with van der Waals surface area (Å²) < 4.78 is 54.5. The average molecular weight is 382 g/mol. The first-order chi connectivity index (χ1) is 12.1. The number of hydrogen-bond donors (Lipinski definition) is 1. The van der Waals surface area contributed by atoms with Crippen molar-refractivity contribution < 1.29 is 31.6 Å². The van der Waals surface area contributed by atoms with E-state index in [1.807, 2.05) is 30.3 Å². The van der Waals surface area contributed by atoms with Crippen LogP contribution in [0.5, 0.6) is 5.75 Å². The predicted molar refractivity (Wildman–Crippen MR) is 93.2 cm³/mol. The Labute approximate surface area is 151 Å².